The van der Waals surface area contributed by atoms with E-state index in [0.717, 1.165) is 17.5 Å². The number of carbonyl (C=O) groups excluding carboxylic acids is 2. The van der Waals surface area contributed by atoms with Gasteiger partial charge in [0.25, 0.3) is 0 Å². The molecule has 0 spiro atoms. The van der Waals surface area contributed by atoms with E-state index < -0.39 is 11.2 Å². The van der Waals surface area contributed by atoms with Gasteiger partial charge in [0, 0.05) is 17.0 Å². The minimum absolute atomic E-state index is 0.127. The van der Waals surface area contributed by atoms with E-state index in [1.165, 1.54) is 27.7 Å². The van der Waals surface area contributed by atoms with Gasteiger partial charge in [0.2, 0.25) is 0 Å². The Morgan fingerprint density at radius 3 is 1.26 bits per heavy atom. The topological polar surface area (TPSA) is 74.6 Å². The van der Waals surface area contributed by atoms with Crippen molar-refractivity contribution in [3.05, 3.63) is 70.8 Å². The molecule has 2 aromatic rings. The van der Waals surface area contributed by atoms with Gasteiger partial charge in [-0.15, -0.1) is 0 Å². The highest BCUT2D eigenvalue weighted by Gasteiger charge is 2.26. The number of hydrogen-bond acceptors (Lipinski definition) is 4. The third kappa shape index (κ3) is 4.90. The van der Waals surface area contributed by atoms with Crippen molar-refractivity contribution in [2.24, 2.45) is 0 Å². The molecule has 0 aliphatic heterocycles. The highest BCUT2D eigenvalue weighted by Crippen LogP contribution is 2.29. The Bertz CT molecular complexity index is 734. The monoisotopic (exact) mass is 368 g/mol. The summed E-state index contributed by atoms with van der Waals surface area (Å²) in [7, 11) is 0. The molecule has 0 aliphatic rings. The number of aliphatic hydroxyl groups is 2. The Balaban J connectivity index is 2.27. The molecule has 0 atom stereocenters. The van der Waals surface area contributed by atoms with Gasteiger partial charge in [0.1, 0.15) is 11.2 Å². The van der Waals surface area contributed by atoms with Gasteiger partial charge in [-0.25, -0.2) is 0 Å². The van der Waals surface area contributed by atoms with Gasteiger partial charge in [-0.1, -0.05) is 55.5 Å². The van der Waals surface area contributed by atoms with Crippen molar-refractivity contribution in [1.82, 2.24) is 0 Å². The van der Waals surface area contributed by atoms with Crippen LogP contribution in [-0.2, 0) is 0 Å². The van der Waals surface area contributed by atoms with E-state index in [-0.39, 0.29) is 17.5 Å². The van der Waals surface area contributed by atoms with Gasteiger partial charge in [0.05, 0.1) is 0 Å². The zero-order valence-electron chi connectivity index (χ0n) is 16.6. The van der Waals surface area contributed by atoms with Crippen LogP contribution in [0, 0.1) is 0 Å². The van der Waals surface area contributed by atoms with Gasteiger partial charge >= 0.3 is 0 Å². The summed E-state index contributed by atoms with van der Waals surface area (Å²) in [5, 5.41) is 19.8. The third-order valence-electron chi connectivity index (χ3n) is 4.67. The van der Waals surface area contributed by atoms with E-state index in [1.54, 1.807) is 24.3 Å². The van der Waals surface area contributed by atoms with E-state index in [2.05, 4.69) is 6.92 Å². The lowest BCUT2D eigenvalue weighted by atomic mass is 9.86. The summed E-state index contributed by atoms with van der Waals surface area (Å²) in [5.74, 6) is -0.490. The number of carbonyl (C=O) groups is 2. The fourth-order valence-electron chi connectivity index (χ4n) is 3.10. The van der Waals surface area contributed by atoms with Crippen LogP contribution < -0.4 is 0 Å². The first-order chi connectivity index (χ1) is 12.4. The standard InChI is InChI=1S/C23H28O4/c1-6-19(15-7-11-17(12-8-15)20(24)22(2,3)26)16-9-13-18(14-10-16)21(25)23(4,5)27/h7-14,19,26-27H,6H2,1-5H3. The lowest BCUT2D eigenvalue weighted by molar-refractivity contribution is 0.0487. The lowest BCUT2D eigenvalue weighted by Gasteiger charge is -2.19. The van der Waals surface area contributed by atoms with Crippen LogP contribution in [0.5, 0.6) is 0 Å². The average molecular weight is 368 g/mol. The molecule has 0 fully saturated rings. The van der Waals surface area contributed by atoms with Crippen molar-refractivity contribution < 1.29 is 19.8 Å². The number of Topliss-reactive ketones (excluding diaryl/α,β-unsaturated/α-hetero) is 2. The van der Waals surface area contributed by atoms with E-state index in [9.17, 15) is 19.8 Å². The molecule has 0 amide bonds. The van der Waals surface area contributed by atoms with E-state index in [1.807, 2.05) is 24.3 Å². The molecule has 0 radical (unpaired) electrons. The molecule has 0 heterocycles. The second-order valence-corrected chi connectivity index (χ2v) is 7.98. The first-order valence-corrected chi connectivity index (χ1v) is 9.19. The van der Waals surface area contributed by atoms with Crippen molar-refractivity contribution in [2.45, 2.75) is 58.2 Å². The lowest BCUT2D eigenvalue weighted by Crippen LogP contribution is -2.31. The SMILES string of the molecule is CCC(c1ccc(C(=O)C(C)(C)O)cc1)c1ccc(C(=O)C(C)(C)O)cc1. The maximum absolute atomic E-state index is 12.2. The van der Waals surface area contributed by atoms with Crippen LogP contribution in [0.1, 0.15) is 78.8 Å². The molecule has 0 aromatic heterocycles. The summed E-state index contributed by atoms with van der Waals surface area (Å²) >= 11 is 0. The third-order valence-corrected chi connectivity index (χ3v) is 4.67. The van der Waals surface area contributed by atoms with Gasteiger partial charge in [-0.3, -0.25) is 9.59 Å². The van der Waals surface area contributed by atoms with Gasteiger partial charge in [-0.05, 0) is 45.2 Å². The molecule has 4 heteroatoms. The molecule has 2 N–H and O–H groups in total. The predicted molar refractivity (Wildman–Crippen MR) is 106 cm³/mol. The summed E-state index contributed by atoms with van der Waals surface area (Å²) in [6, 6.07) is 14.6. The normalized spacial score (nSPS) is 12.3. The van der Waals surface area contributed by atoms with Gasteiger partial charge in [0.15, 0.2) is 11.6 Å². The van der Waals surface area contributed by atoms with Crippen LogP contribution in [0.4, 0.5) is 0 Å². The molecule has 144 valence electrons. The molecule has 4 nitrogen and oxygen atoms in total. The van der Waals surface area contributed by atoms with E-state index in [0.29, 0.717) is 11.1 Å². The predicted octanol–water partition coefficient (Wildman–Crippen LogP) is 4.14. The maximum atomic E-state index is 12.2. The Hall–Kier alpha value is -2.30. The largest absolute Gasteiger partial charge is 0.382 e. The van der Waals surface area contributed by atoms with Crippen LogP contribution in [-0.4, -0.2) is 33.0 Å². The Kier molecular flexibility index (Phi) is 6.03. The van der Waals surface area contributed by atoms with Crippen LogP contribution in [0.25, 0.3) is 0 Å². The number of hydrogen-bond donors (Lipinski definition) is 2. The molecule has 0 saturated heterocycles. The minimum Gasteiger partial charge on any atom is -0.382 e. The molecule has 0 aliphatic carbocycles. The first-order valence-electron chi connectivity index (χ1n) is 9.19. The van der Waals surface area contributed by atoms with Crippen LogP contribution in [0.3, 0.4) is 0 Å². The summed E-state index contributed by atoms with van der Waals surface area (Å²) in [5.41, 5.74) is 0.292. The molecule has 27 heavy (non-hydrogen) atoms. The summed E-state index contributed by atoms with van der Waals surface area (Å²) in [6.07, 6.45) is 0.859. The van der Waals surface area contributed by atoms with Crippen LogP contribution >= 0.6 is 0 Å². The van der Waals surface area contributed by atoms with Gasteiger partial charge in [-0.2, -0.15) is 0 Å². The number of benzene rings is 2. The smallest absolute Gasteiger partial charge is 0.193 e. The fourth-order valence-corrected chi connectivity index (χ4v) is 3.10. The first kappa shape index (κ1) is 21.0. The fraction of sp³-hybridized carbons (Fsp3) is 0.391. The van der Waals surface area contributed by atoms with Crippen LogP contribution in [0.15, 0.2) is 48.5 Å². The average Bonchev–Trinajstić information content (AvgIpc) is 2.61. The van der Waals surface area contributed by atoms with Crippen molar-refractivity contribution in [3.8, 4) is 0 Å². The molecule has 0 unspecified atom stereocenters. The molecule has 0 saturated carbocycles. The maximum Gasteiger partial charge on any atom is 0.193 e. The number of ketones is 2. The van der Waals surface area contributed by atoms with Gasteiger partial charge < -0.3 is 10.2 Å². The Morgan fingerprint density at radius 1 is 0.741 bits per heavy atom. The van der Waals surface area contributed by atoms with E-state index >= 15 is 0 Å². The molecular weight excluding hydrogens is 340 g/mol. The highest BCUT2D eigenvalue weighted by atomic mass is 16.3. The molecule has 2 aromatic carbocycles. The quantitative estimate of drug-likeness (QED) is 0.721. The van der Waals surface area contributed by atoms with E-state index in [4.69, 9.17) is 0 Å². The Morgan fingerprint density at radius 2 is 1.04 bits per heavy atom. The number of rotatable bonds is 7. The van der Waals surface area contributed by atoms with Crippen molar-refractivity contribution in [2.75, 3.05) is 0 Å². The van der Waals surface area contributed by atoms with Crippen molar-refractivity contribution >= 4 is 11.6 Å². The molecule has 2 rings (SSSR count). The molecule has 0 bridgehead atoms. The summed E-state index contributed by atoms with van der Waals surface area (Å²) in [6.45, 7) is 8.00. The highest BCUT2D eigenvalue weighted by molar-refractivity contribution is 6.02. The van der Waals surface area contributed by atoms with Crippen molar-refractivity contribution in [3.63, 3.8) is 0 Å². The minimum atomic E-state index is -1.39. The second-order valence-electron chi connectivity index (χ2n) is 7.98. The zero-order valence-corrected chi connectivity index (χ0v) is 16.6. The zero-order chi connectivity index (χ0) is 20.4. The summed E-state index contributed by atoms with van der Waals surface area (Å²) < 4.78 is 0. The van der Waals surface area contributed by atoms with Crippen molar-refractivity contribution in [1.29, 1.82) is 0 Å². The summed E-state index contributed by atoms with van der Waals surface area (Å²) in [4.78, 5) is 24.3. The second kappa shape index (κ2) is 7.75. The van der Waals surface area contributed by atoms with Crippen LogP contribution in [0.2, 0.25) is 0 Å². The molecular formula is C23H28O4. The Labute approximate surface area is 160 Å².